The Bertz CT molecular complexity index is 1150. The summed E-state index contributed by atoms with van der Waals surface area (Å²) in [6.45, 7) is 5.97. The van der Waals surface area contributed by atoms with Crippen LogP contribution in [0.15, 0.2) is 48.8 Å². The number of aryl methyl sites for hydroxylation is 3. The van der Waals surface area contributed by atoms with E-state index in [-0.39, 0.29) is 5.91 Å². The van der Waals surface area contributed by atoms with Crippen molar-refractivity contribution in [3.05, 3.63) is 81.6 Å². The lowest BCUT2D eigenvalue weighted by atomic mass is 10.1. The molecule has 0 aliphatic carbocycles. The van der Waals surface area contributed by atoms with Crippen molar-refractivity contribution < 1.29 is 4.79 Å². The van der Waals surface area contributed by atoms with Crippen LogP contribution in [0.2, 0.25) is 0 Å². The molecule has 0 spiro atoms. The summed E-state index contributed by atoms with van der Waals surface area (Å²) in [7, 11) is 0. The average molecular weight is 404 g/mol. The third-order valence-electron chi connectivity index (χ3n) is 4.65. The molecular formula is C21H20N6OS. The highest BCUT2D eigenvalue weighted by molar-refractivity contribution is 7.15. The zero-order chi connectivity index (χ0) is 20.4. The molecule has 0 atom stereocenters. The Labute approximate surface area is 172 Å². The maximum Gasteiger partial charge on any atom is 0.257 e. The molecule has 7 nitrogen and oxygen atoms in total. The first-order chi connectivity index (χ1) is 14.0. The number of hydrogen-bond donors (Lipinski definition) is 1. The number of hydrogen-bond acceptors (Lipinski definition) is 6. The summed E-state index contributed by atoms with van der Waals surface area (Å²) in [5, 5.41) is 14.7. The third kappa shape index (κ3) is 4.22. The van der Waals surface area contributed by atoms with Crippen molar-refractivity contribution >= 4 is 22.4 Å². The Morgan fingerprint density at radius 1 is 1.10 bits per heavy atom. The SMILES string of the molecule is Cc1ccc(Cc2sc(NC(=O)c3ccc(-n4cnnn4)c(C)c3)nc2C)cc1. The van der Waals surface area contributed by atoms with Gasteiger partial charge in [-0.2, -0.15) is 0 Å². The van der Waals surface area contributed by atoms with Crippen LogP contribution >= 0.6 is 11.3 Å². The predicted molar refractivity (Wildman–Crippen MR) is 113 cm³/mol. The Kier molecular flexibility index (Phi) is 5.18. The van der Waals surface area contributed by atoms with E-state index >= 15 is 0 Å². The fourth-order valence-electron chi connectivity index (χ4n) is 3.03. The van der Waals surface area contributed by atoms with E-state index in [2.05, 4.69) is 57.0 Å². The normalized spacial score (nSPS) is 10.9. The van der Waals surface area contributed by atoms with Gasteiger partial charge in [0.25, 0.3) is 5.91 Å². The molecule has 0 fully saturated rings. The van der Waals surface area contributed by atoms with E-state index in [9.17, 15) is 4.79 Å². The summed E-state index contributed by atoms with van der Waals surface area (Å²) >= 11 is 1.51. The molecule has 0 saturated carbocycles. The van der Waals surface area contributed by atoms with E-state index in [0.29, 0.717) is 10.7 Å². The Hall–Kier alpha value is -3.39. The lowest BCUT2D eigenvalue weighted by Gasteiger charge is -2.07. The Morgan fingerprint density at radius 3 is 2.59 bits per heavy atom. The maximum absolute atomic E-state index is 12.7. The van der Waals surface area contributed by atoms with E-state index in [1.807, 2.05) is 26.0 Å². The highest BCUT2D eigenvalue weighted by atomic mass is 32.1. The summed E-state index contributed by atoms with van der Waals surface area (Å²) in [5.41, 5.74) is 5.71. The van der Waals surface area contributed by atoms with Gasteiger partial charge in [-0.1, -0.05) is 29.8 Å². The zero-order valence-electron chi connectivity index (χ0n) is 16.4. The maximum atomic E-state index is 12.7. The molecule has 1 amide bonds. The molecule has 0 saturated heterocycles. The van der Waals surface area contributed by atoms with Crippen molar-refractivity contribution in [1.29, 1.82) is 0 Å². The summed E-state index contributed by atoms with van der Waals surface area (Å²) < 4.78 is 1.57. The minimum Gasteiger partial charge on any atom is -0.298 e. The lowest BCUT2D eigenvalue weighted by Crippen LogP contribution is -2.12. The molecule has 4 aromatic rings. The van der Waals surface area contributed by atoms with Crippen LogP contribution in [0.5, 0.6) is 0 Å². The number of benzene rings is 2. The first kappa shape index (κ1) is 18.9. The van der Waals surface area contributed by atoms with Crippen LogP contribution in [-0.2, 0) is 6.42 Å². The lowest BCUT2D eigenvalue weighted by molar-refractivity contribution is 0.102. The molecule has 0 aliphatic heterocycles. The first-order valence-corrected chi connectivity index (χ1v) is 9.98. The second-order valence-corrected chi connectivity index (χ2v) is 7.98. The van der Waals surface area contributed by atoms with Gasteiger partial charge in [0.05, 0.1) is 11.4 Å². The minimum atomic E-state index is -0.188. The van der Waals surface area contributed by atoms with E-state index in [4.69, 9.17) is 0 Å². The van der Waals surface area contributed by atoms with Crippen LogP contribution < -0.4 is 5.32 Å². The molecule has 2 aromatic heterocycles. The monoisotopic (exact) mass is 404 g/mol. The van der Waals surface area contributed by atoms with Crippen molar-refractivity contribution in [1.82, 2.24) is 25.2 Å². The molecule has 1 N–H and O–H groups in total. The van der Waals surface area contributed by atoms with Crippen LogP contribution in [0.1, 0.15) is 37.6 Å². The molecular weight excluding hydrogens is 384 g/mol. The molecule has 0 radical (unpaired) electrons. The van der Waals surface area contributed by atoms with E-state index in [1.54, 1.807) is 10.7 Å². The first-order valence-electron chi connectivity index (χ1n) is 9.17. The van der Waals surface area contributed by atoms with Crippen molar-refractivity contribution in [2.45, 2.75) is 27.2 Å². The summed E-state index contributed by atoms with van der Waals surface area (Å²) in [5.74, 6) is -0.188. The quantitative estimate of drug-likeness (QED) is 0.545. The van der Waals surface area contributed by atoms with Crippen LogP contribution in [0, 0.1) is 20.8 Å². The number of carbonyl (C=O) groups is 1. The van der Waals surface area contributed by atoms with Crippen molar-refractivity contribution in [3.8, 4) is 5.69 Å². The van der Waals surface area contributed by atoms with Crippen LogP contribution in [0.4, 0.5) is 5.13 Å². The van der Waals surface area contributed by atoms with Gasteiger partial charge in [-0.3, -0.25) is 10.1 Å². The van der Waals surface area contributed by atoms with Gasteiger partial charge in [0.15, 0.2) is 5.13 Å². The predicted octanol–water partition coefficient (Wildman–Crippen LogP) is 3.89. The molecule has 8 heteroatoms. The number of amides is 1. The zero-order valence-corrected chi connectivity index (χ0v) is 17.2. The van der Waals surface area contributed by atoms with Gasteiger partial charge in [0.1, 0.15) is 6.33 Å². The number of tetrazole rings is 1. The largest absolute Gasteiger partial charge is 0.298 e. The molecule has 0 unspecified atom stereocenters. The average Bonchev–Trinajstić information content (AvgIpc) is 3.34. The fraction of sp³-hybridized carbons (Fsp3) is 0.190. The number of aromatic nitrogens is 5. The smallest absolute Gasteiger partial charge is 0.257 e. The second kappa shape index (κ2) is 7.92. The van der Waals surface area contributed by atoms with Crippen LogP contribution in [-0.4, -0.2) is 31.1 Å². The standard InChI is InChI=1S/C21H20N6OS/c1-13-4-6-16(7-5-13)11-19-15(3)23-21(29-19)24-20(28)17-8-9-18(14(2)10-17)27-12-22-25-26-27/h4-10,12H,11H2,1-3H3,(H,23,24,28). The van der Waals surface area contributed by atoms with Gasteiger partial charge >= 0.3 is 0 Å². The Balaban J connectivity index is 1.48. The van der Waals surface area contributed by atoms with Crippen LogP contribution in [0.3, 0.4) is 0 Å². The molecule has 2 aromatic carbocycles. The van der Waals surface area contributed by atoms with Crippen molar-refractivity contribution in [3.63, 3.8) is 0 Å². The highest BCUT2D eigenvalue weighted by Gasteiger charge is 2.14. The highest BCUT2D eigenvalue weighted by Crippen LogP contribution is 2.26. The summed E-state index contributed by atoms with van der Waals surface area (Å²) in [4.78, 5) is 18.4. The molecule has 29 heavy (non-hydrogen) atoms. The van der Waals surface area contributed by atoms with Crippen molar-refractivity contribution in [2.24, 2.45) is 0 Å². The van der Waals surface area contributed by atoms with E-state index < -0.39 is 0 Å². The molecule has 146 valence electrons. The van der Waals surface area contributed by atoms with Gasteiger partial charge in [-0.05, 0) is 60.5 Å². The molecule has 4 rings (SSSR count). The second-order valence-electron chi connectivity index (χ2n) is 6.90. The number of carbonyl (C=O) groups excluding carboxylic acids is 1. The van der Waals surface area contributed by atoms with E-state index in [0.717, 1.165) is 28.2 Å². The molecule has 2 heterocycles. The Morgan fingerprint density at radius 2 is 1.90 bits per heavy atom. The number of rotatable bonds is 5. The van der Waals surface area contributed by atoms with Crippen LogP contribution in [0.25, 0.3) is 5.69 Å². The number of nitrogens with one attached hydrogen (secondary N) is 1. The van der Waals surface area contributed by atoms with Gasteiger partial charge < -0.3 is 0 Å². The van der Waals surface area contributed by atoms with Gasteiger partial charge in [-0.15, -0.1) is 16.4 Å². The van der Waals surface area contributed by atoms with Gasteiger partial charge in [-0.25, -0.2) is 9.67 Å². The topological polar surface area (TPSA) is 85.6 Å². The molecule has 0 aliphatic rings. The number of nitrogens with zero attached hydrogens (tertiary/aromatic N) is 5. The van der Waals surface area contributed by atoms with E-state index in [1.165, 1.54) is 28.8 Å². The number of thiazole rings is 1. The third-order valence-corrected chi connectivity index (χ3v) is 5.73. The fourth-order valence-corrected chi connectivity index (χ4v) is 4.02. The molecule has 0 bridgehead atoms. The van der Waals surface area contributed by atoms with Crippen molar-refractivity contribution in [2.75, 3.05) is 5.32 Å². The van der Waals surface area contributed by atoms with Gasteiger partial charge in [0, 0.05) is 16.9 Å². The minimum absolute atomic E-state index is 0.188. The summed E-state index contributed by atoms with van der Waals surface area (Å²) in [6, 6.07) is 13.9. The summed E-state index contributed by atoms with van der Waals surface area (Å²) in [6.07, 6.45) is 2.33. The van der Waals surface area contributed by atoms with Gasteiger partial charge in [0.2, 0.25) is 0 Å². The number of anilines is 1.